The number of anilines is 1. The summed E-state index contributed by atoms with van der Waals surface area (Å²) in [4.78, 5) is 16.8. The molecule has 1 aliphatic heterocycles. The Kier molecular flexibility index (Phi) is 6.81. The number of carbonyl (C=O) groups excluding carboxylic acids is 1. The van der Waals surface area contributed by atoms with E-state index in [1.807, 2.05) is 30.3 Å². The van der Waals surface area contributed by atoms with Crippen molar-refractivity contribution in [1.82, 2.24) is 4.90 Å². The number of nitriles is 1. The van der Waals surface area contributed by atoms with Crippen molar-refractivity contribution in [2.45, 2.75) is 0 Å². The van der Waals surface area contributed by atoms with Gasteiger partial charge in [-0.2, -0.15) is 5.26 Å². The van der Waals surface area contributed by atoms with Crippen LogP contribution >= 0.6 is 0 Å². The Labute approximate surface area is 176 Å². The van der Waals surface area contributed by atoms with Gasteiger partial charge >= 0.3 is 0 Å². The molecule has 7 nitrogen and oxygen atoms in total. The van der Waals surface area contributed by atoms with E-state index in [2.05, 4.69) is 4.90 Å². The predicted octanol–water partition coefficient (Wildman–Crippen LogP) is 2.97. The Morgan fingerprint density at radius 2 is 1.57 bits per heavy atom. The van der Waals surface area contributed by atoms with E-state index in [9.17, 15) is 10.1 Å². The minimum atomic E-state index is -0.273. The number of hydrogen-bond donors (Lipinski definition) is 0. The molecule has 1 fully saturated rings. The average molecular weight is 407 g/mol. The van der Waals surface area contributed by atoms with Crippen molar-refractivity contribution in [3.63, 3.8) is 0 Å². The molecule has 0 N–H and O–H groups in total. The molecule has 0 unspecified atom stereocenters. The number of rotatable bonds is 6. The number of hydrogen-bond acceptors (Lipinski definition) is 6. The number of methoxy groups -OCH3 is 3. The van der Waals surface area contributed by atoms with Gasteiger partial charge in [0.2, 0.25) is 0 Å². The fraction of sp³-hybridized carbons (Fsp3) is 0.304. The molecule has 156 valence electrons. The molecule has 0 aliphatic carbocycles. The largest absolute Gasteiger partial charge is 0.497 e. The molecule has 1 saturated heterocycles. The number of piperazine rings is 1. The molecule has 3 rings (SSSR count). The quantitative estimate of drug-likeness (QED) is 0.541. The maximum absolute atomic E-state index is 12.9. The van der Waals surface area contributed by atoms with E-state index in [0.29, 0.717) is 43.2 Å². The highest BCUT2D eigenvalue weighted by atomic mass is 16.5. The number of carbonyl (C=O) groups is 1. The van der Waals surface area contributed by atoms with Gasteiger partial charge in [-0.15, -0.1) is 0 Å². The number of benzene rings is 2. The van der Waals surface area contributed by atoms with E-state index in [1.165, 1.54) is 0 Å². The van der Waals surface area contributed by atoms with Gasteiger partial charge in [0.25, 0.3) is 5.91 Å². The number of amides is 1. The van der Waals surface area contributed by atoms with Crippen LogP contribution in [0.25, 0.3) is 6.08 Å². The summed E-state index contributed by atoms with van der Waals surface area (Å²) in [5.74, 6) is 1.72. The first-order valence-corrected chi connectivity index (χ1v) is 9.61. The molecule has 0 radical (unpaired) electrons. The third-order valence-corrected chi connectivity index (χ3v) is 5.10. The zero-order valence-corrected chi connectivity index (χ0v) is 17.4. The first-order valence-electron chi connectivity index (χ1n) is 9.61. The summed E-state index contributed by atoms with van der Waals surface area (Å²) in [5, 5.41) is 9.58. The van der Waals surface area contributed by atoms with Gasteiger partial charge in [0, 0.05) is 43.5 Å². The lowest BCUT2D eigenvalue weighted by molar-refractivity contribution is -0.126. The van der Waals surface area contributed by atoms with Gasteiger partial charge in [-0.05, 0) is 42.5 Å². The van der Waals surface area contributed by atoms with Crippen LogP contribution in [0.15, 0.2) is 48.0 Å². The van der Waals surface area contributed by atoms with E-state index >= 15 is 0 Å². The highest BCUT2D eigenvalue weighted by Gasteiger charge is 2.24. The molecule has 0 aromatic heterocycles. The molecule has 0 atom stereocenters. The van der Waals surface area contributed by atoms with E-state index in [1.54, 1.807) is 50.5 Å². The highest BCUT2D eigenvalue weighted by molar-refractivity contribution is 6.02. The molecule has 0 spiro atoms. The molecule has 2 aromatic carbocycles. The second-order valence-electron chi connectivity index (χ2n) is 6.75. The van der Waals surface area contributed by atoms with Crippen molar-refractivity contribution in [2.75, 3.05) is 52.4 Å². The molecule has 1 heterocycles. The van der Waals surface area contributed by atoms with Crippen molar-refractivity contribution < 1.29 is 19.0 Å². The number of nitrogens with zero attached hydrogens (tertiary/aromatic N) is 3. The van der Waals surface area contributed by atoms with Crippen molar-refractivity contribution in [3.05, 3.63) is 53.6 Å². The summed E-state index contributed by atoms with van der Waals surface area (Å²) >= 11 is 0. The second kappa shape index (κ2) is 9.70. The van der Waals surface area contributed by atoms with Gasteiger partial charge < -0.3 is 24.0 Å². The molecule has 1 aliphatic rings. The number of ether oxygens (including phenoxy) is 3. The first-order chi connectivity index (χ1) is 14.6. The smallest absolute Gasteiger partial charge is 0.264 e. The maximum atomic E-state index is 12.9. The molecule has 0 bridgehead atoms. The fourth-order valence-electron chi connectivity index (χ4n) is 3.37. The summed E-state index contributed by atoms with van der Waals surface area (Å²) < 4.78 is 15.8. The third-order valence-electron chi connectivity index (χ3n) is 5.10. The van der Waals surface area contributed by atoms with Crippen LogP contribution in [-0.2, 0) is 4.79 Å². The lowest BCUT2D eigenvalue weighted by atomic mass is 10.1. The van der Waals surface area contributed by atoms with Gasteiger partial charge in [-0.1, -0.05) is 0 Å². The summed E-state index contributed by atoms with van der Waals surface area (Å²) in [6, 6.07) is 15.2. The van der Waals surface area contributed by atoms with Crippen molar-refractivity contribution in [1.29, 1.82) is 5.26 Å². The second-order valence-corrected chi connectivity index (χ2v) is 6.75. The van der Waals surface area contributed by atoms with Gasteiger partial charge in [0.05, 0.1) is 21.3 Å². The van der Waals surface area contributed by atoms with Crippen LogP contribution in [0.1, 0.15) is 5.56 Å². The van der Waals surface area contributed by atoms with Crippen LogP contribution in [0.5, 0.6) is 17.2 Å². The molecule has 0 saturated carbocycles. The summed E-state index contributed by atoms with van der Waals surface area (Å²) in [6.07, 6.45) is 1.57. The van der Waals surface area contributed by atoms with Gasteiger partial charge in [0.1, 0.15) is 28.9 Å². The van der Waals surface area contributed by atoms with Gasteiger partial charge in [0.15, 0.2) is 0 Å². The van der Waals surface area contributed by atoms with Crippen LogP contribution in [0.4, 0.5) is 5.69 Å². The van der Waals surface area contributed by atoms with Crippen molar-refractivity contribution in [2.24, 2.45) is 0 Å². The summed E-state index contributed by atoms with van der Waals surface area (Å²) in [5.41, 5.74) is 1.82. The van der Waals surface area contributed by atoms with Crippen LogP contribution < -0.4 is 19.1 Å². The third kappa shape index (κ3) is 4.66. The van der Waals surface area contributed by atoms with Crippen LogP contribution in [0.2, 0.25) is 0 Å². The van der Waals surface area contributed by atoms with Crippen LogP contribution in [0, 0.1) is 11.3 Å². The Morgan fingerprint density at radius 1 is 0.933 bits per heavy atom. The summed E-state index contributed by atoms with van der Waals surface area (Å²) in [7, 11) is 4.75. The highest BCUT2D eigenvalue weighted by Crippen LogP contribution is 2.27. The SMILES string of the molecule is COc1ccc(N2CCN(C(=O)/C(C#N)=C/c3ccc(OC)cc3OC)CC2)cc1. The van der Waals surface area contributed by atoms with E-state index in [-0.39, 0.29) is 11.5 Å². The minimum Gasteiger partial charge on any atom is -0.497 e. The molecule has 2 aromatic rings. The van der Waals surface area contributed by atoms with Crippen molar-refractivity contribution in [3.8, 4) is 23.3 Å². The molecule has 1 amide bonds. The standard InChI is InChI=1S/C23H25N3O4/c1-28-20-8-5-19(6-9-20)25-10-12-26(13-11-25)23(27)18(16-24)14-17-4-7-21(29-2)15-22(17)30-3/h4-9,14-15H,10-13H2,1-3H3/b18-14+. The molecular weight excluding hydrogens is 382 g/mol. The van der Waals surface area contributed by atoms with E-state index in [0.717, 1.165) is 11.4 Å². The van der Waals surface area contributed by atoms with E-state index < -0.39 is 0 Å². The Morgan fingerprint density at radius 3 is 2.13 bits per heavy atom. The van der Waals surface area contributed by atoms with Gasteiger partial charge in [-0.25, -0.2) is 0 Å². The Bertz CT molecular complexity index is 955. The monoisotopic (exact) mass is 407 g/mol. The predicted molar refractivity (Wildman–Crippen MR) is 115 cm³/mol. The first kappa shape index (κ1) is 21.1. The zero-order chi connectivity index (χ0) is 21.5. The molecule has 30 heavy (non-hydrogen) atoms. The van der Waals surface area contributed by atoms with Gasteiger partial charge in [-0.3, -0.25) is 4.79 Å². The Balaban J connectivity index is 1.70. The molecule has 7 heteroatoms. The van der Waals surface area contributed by atoms with Crippen molar-refractivity contribution >= 4 is 17.7 Å². The van der Waals surface area contributed by atoms with Crippen LogP contribution in [-0.4, -0.2) is 58.3 Å². The summed E-state index contributed by atoms with van der Waals surface area (Å²) in [6.45, 7) is 2.48. The Hall–Kier alpha value is -3.66. The maximum Gasteiger partial charge on any atom is 0.264 e. The average Bonchev–Trinajstić information content (AvgIpc) is 2.82. The normalized spacial score (nSPS) is 14.1. The lowest BCUT2D eigenvalue weighted by Gasteiger charge is -2.36. The lowest BCUT2D eigenvalue weighted by Crippen LogP contribution is -2.49. The zero-order valence-electron chi connectivity index (χ0n) is 17.4. The molecular formula is C23H25N3O4. The fourth-order valence-corrected chi connectivity index (χ4v) is 3.37. The van der Waals surface area contributed by atoms with E-state index in [4.69, 9.17) is 14.2 Å². The van der Waals surface area contributed by atoms with Crippen LogP contribution in [0.3, 0.4) is 0 Å². The minimum absolute atomic E-state index is 0.0800. The topological polar surface area (TPSA) is 75.0 Å².